The van der Waals surface area contributed by atoms with E-state index >= 15 is 0 Å². The second kappa shape index (κ2) is 7.13. The Morgan fingerprint density at radius 2 is 2.22 bits per heavy atom. The van der Waals surface area contributed by atoms with E-state index in [2.05, 4.69) is 25.4 Å². The highest BCUT2D eigenvalue weighted by Gasteiger charge is 2.10. The zero-order valence-corrected chi connectivity index (χ0v) is 11.3. The Hall–Kier alpha value is -1.39. The Morgan fingerprint density at radius 3 is 2.72 bits per heavy atom. The maximum absolute atomic E-state index is 9.10. The summed E-state index contributed by atoms with van der Waals surface area (Å²) in [5.74, 6) is 1.21. The molecule has 4 heteroatoms. The summed E-state index contributed by atoms with van der Waals surface area (Å²) in [7, 11) is 0. The van der Waals surface area contributed by atoms with Crippen LogP contribution in [0.2, 0.25) is 0 Å². The van der Waals surface area contributed by atoms with Gasteiger partial charge in [0.15, 0.2) is 0 Å². The average Bonchev–Trinajstić information content (AvgIpc) is 2.37. The van der Waals surface area contributed by atoms with Gasteiger partial charge in [-0.1, -0.05) is 19.9 Å². The van der Waals surface area contributed by atoms with Gasteiger partial charge in [-0.2, -0.15) is 0 Å². The first-order chi connectivity index (χ1) is 8.62. The van der Waals surface area contributed by atoms with E-state index in [0.29, 0.717) is 25.6 Å². The largest absolute Gasteiger partial charge is 0.395 e. The van der Waals surface area contributed by atoms with Crippen LogP contribution in [0.15, 0.2) is 24.8 Å². The van der Waals surface area contributed by atoms with E-state index in [1.165, 1.54) is 0 Å². The molecule has 3 N–H and O–H groups in total. The molecule has 0 saturated heterocycles. The number of nitrogens with two attached hydrogens (primary N) is 1. The highest BCUT2D eigenvalue weighted by atomic mass is 16.3. The van der Waals surface area contributed by atoms with E-state index in [0.717, 1.165) is 17.1 Å². The quantitative estimate of drug-likeness (QED) is 0.721. The molecule has 0 aliphatic heterocycles. The van der Waals surface area contributed by atoms with Gasteiger partial charge < -0.3 is 15.7 Å². The number of anilines is 1. The van der Waals surface area contributed by atoms with Crippen molar-refractivity contribution >= 4 is 5.82 Å². The molecule has 0 aromatic carbocycles. The number of aromatic nitrogens is 1. The standard InChI is InChI=1S/C14H23N3O/c1-4-5-17(6-7-18)14-9-12(10-15)8-13(16-14)11(2)3/h4,8-9,11,18H,1,5-7,10,15H2,2-3H3. The Bertz CT molecular complexity index is 391. The van der Waals surface area contributed by atoms with Crippen LogP contribution in [0.5, 0.6) is 0 Å². The van der Waals surface area contributed by atoms with Crippen LogP contribution in [0.25, 0.3) is 0 Å². The minimum atomic E-state index is 0.0966. The minimum Gasteiger partial charge on any atom is -0.395 e. The van der Waals surface area contributed by atoms with Crippen molar-refractivity contribution in [3.05, 3.63) is 36.0 Å². The summed E-state index contributed by atoms with van der Waals surface area (Å²) >= 11 is 0. The molecule has 1 aromatic rings. The summed E-state index contributed by atoms with van der Waals surface area (Å²) < 4.78 is 0. The lowest BCUT2D eigenvalue weighted by molar-refractivity contribution is 0.302. The van der Waals surface area contributed by atoms with Crippen molar-refractivity contribution in [1.29, 1.82) is 0 Å². The van der Waals surface area contributed by atoms with Gasteiger partial charge in [0.2, 0.25) is 0 Å². The number of nitrogens with zero attached hydrogens (tertiary/aromatic N) is 2. The van der Waals surface area contributed by atoms with E-state index < -0.39 is 0 Å². The van der Waals surface area contributed by atoms with Crippen LogP contribution >= 0.6 is 0 Å². The van der Waals surface area contributed by atoms with Crippen molar-refractivity contribution in [2.24, 2.45) is 5.73 Å². The van der Waals surface area contributed by atoms with Gasteiger partial charge in [-0.05, 0) is 23.6 Å². The van der Waals surface area contributed by atoms with Gasteiger partial charge in [-0.15, -0.1) is 6.58 Å². The molecule has 0 fully saturated rings. The molecule has 1 rings (SSSR count). The summed E-state index contributed by atoms with van der Waals surface area (Å²) in [5, 5.41) is 9.10. The fourth-order valence-corrected chi connectivity index (χ4v) is 1.75. The smallest absolute Gasteiger partial charge is 0.129 e. The third-order valence-electron chi connectivity index (χ3n) is 2.76. The number of hydrogen-bond donors (Lipinski definition) is 2. The fourth-order valence-electron chi connectivity index (χ4n) is 1.75. The molecule has 0 atom stereocenters. The number of aliphatic hydroxyl groups excluding tert-OH is 1. The number of pyridine rings is 1. The summed E-state index contributed by atoms with van der Waals surface area (Å²) in [5.41, 5.74) is 7.81. The van der Waals surface area contributed by atoms with Crippen LogP contribution < -0.4 is 10.6 Å². The lowest BCUT2D eigenvalue weighted by Gasteiger charge is -2.23. The third-order valence-corrected chi connectivity index (χ3v) is 2.76. The Kier molecular flexibility index (Phi) is 5.82. The van der Waals surface area contributed by atoms with E-state index in [1.807, 2.05) is 23.1 Å². The Labute approximate surface area is 109 Å². The average molecular weight is 249 g/mol. The molecule has 0 saturated carbocycles. The molecular formula is C14H23N3O. The van der Waals surface area contributed by atoms with Crippen molar-refractivity contribution in [2.45, 2.75) is 26.3 Å². The van der Waals surface area contributed by atoms with Crippen LogP contribution in [0.3, 0.4) is 0 Å². The van der Waals surface area contributed by atoms with Crippen LogP contribution in [0.1, 0.15) is 31.0 Å². The van der Waals surface area contributed by atoms with Gasteiger partial charge in [0, 0.05) is 25.3 Å². The first-order valence-electron chi connectivity index (χ1n) is 6.30. The molecular weight excluding hydrogens is 226 g/mol. The number of aliphatic hydroxyl groups is 1. The summed E-state index contributed by atoms with van der Waals surface area (Å²) in [6.45, 7) is 9.75. The summed E-state index contributed by atoms with van der Waals surface area (Å²) in [4.78, 5) is 6.63. The topological polar surface area (TPSA) is 62.4 Å². The summed E-state index contributed by atoms with van der Waals surface area (Å²) in [6.07, 6.45) is 1.81. The monoisotopic (exact) mass is 249 g/mol. The number of rotatable bonds is 7. The molecule has 0 amide bonds. The molecule has 0 aliphatic carbocycles. The van der Waals surface area contributed by atoms with Crippen LogP contribution in [-0.4, -0.2) is 29.8 Å². The first-order valence-corrected chi connectivity index (χ1v) is 6.30. The zero-order valence-electron chi connectivity index (χ0n) is 11.3. The fraction of sp³-hybridized carbons (Fsp3) is 0.500. The lowest BCUT2D eigenvalue weighted by atomic mass is 10.1. The number of hydrogen-bond acceptors (Lipinski definition) is 4. The van der Waals surface area contributed by atoms with Crippen molar-refractivity contribution in [3.8, 4) is 0 Å². The van der Waals surface area contributed by atoms with Gasteiger partial charge in [-0.25, -0.2) is 4.98 Å². The van der Waals surface area contributed by atoms with Gasteiger partial charge >= 0.3 is 0 Å². The third kappa shape index (κ3) is 3.82. The molecule has 100 valence electrons. The molecule has 0 aliphatic rings. The maximum Gasteiger partial charge on any atom is 0.129 e. The van der Waals surface area contributed by atoms with Crippen LogP contribution in [0, 0.1) is 0 Å². The molecule has 0 spiro atoms. The van der Waals surface area contributed by atoms with Gasteiger partial charge in [0.05, 0.1) is 6.61 Å². The molecule has 4 nitrogen and oxygen atoms in total. The van der Waals surface area contributed by atoms with Crippen molar-refractivity contribution in [2.75, 3.05) is 24.6 Å². The van der Waals surface area contributed by atoms with Crippen molar-refractivity contribution < 1.29 is 5.11 Å². The molecule has 18 heavy (non-hydrogen) atoms. The van der Waals surface area contributed by atoms with Gasteiger partial charge in [0.25, 0.3) is 0 Å². The molecule has 1 heterocycles. The van der Waals surface area contributed by atoms with Crippen molar-refractivity contribution in [3.63, 3.8) is 0 Å². The molecule has 1 aromatic heterocycles. The summed E-state index contributed by atoms with van der Waals surface area (Å²) in [6, 6.07) is 4.02. The zero-order chi connectivity index (χ0) is 13.5. The molecule has 0 unspecified atom stereocenters. The highest BCUT2D eigenvalue weighted by Crippen LogP contribution is 2.20. The van der Waals surface area contributed by atoms with Gasteiger partial charge in [0.1, 0.15) is 5.82 Å². The van der Waals surface area contributed by atoms with Crippen molar-refractivity contribution in [1.82, 2.24) is 4.98 Å². The second-order valence-electron chi connectivity index (χ2n) is 4.58. The Morgan fingerprint density at radius 1 is 1.50 bits per heavy atom. The van der Waals surface area contributed by atoms with E-state index in [1.54, 1.807) is 0 Å². The van der Waals surface area contributed by atoms with Crippen LogP contribution in [-0.2, 0) is 6.54 Å². The van der Waals surface area contributed by atoms with E-state index in [9.17, 15) is 0 Å². The second-order valence-corrected chi connectivity index (χ2v) is 4.58. The normalized spacial score (nSPS) is 10.7. The molecule has 0 bridgehead atoms. The molecule has 0 radical (unpaired) electrons. The SMILES string of the molecule is C=CCN(CCO)c1cc(CN)cc(C(C)C)n1. The predicted molar refractivity (Wildman–Crippen MR) is 75.7 cm³/mol. The van der Waals surface area contributed by atoms with Crippen LogP contribution in [0.4, 0.5) is 5.82 Å². The minimum absolute atomic E-state index is 0.0966. The first kappa shape index (κ1) is 14.7. The van der Waals surface area contributed by atoms with E-state index in [4.69, 9.17) is 10.8 Å². The van der Waals surface area contributed by atoms with Gasteiger partial charge in [-0.3, -0.25) is 0 Å². The van der Waals surface area contributed by atoms with E-state index in [-0.39, 0.29) is 6.61 Å². The lowest BCUT2D eigenvalue weighted by Crippen LogP contribution is -2.28. The Balaban J connectivity index is 3.10. The predicted octanol–water partition coefficient (Wildman–Crippen LogP) is 1.65. The highest BCUT2D eigenvalue weighted by molar-refractivity contribution is 5.44. The maximum atomic E-state index is 9.10.